The molecule has 0 radical (unpaired) electrons. The third-order valence-electron chi connectivity index (χ3n) is 4.04. The van der Waals surface area contributed by atoms with E-state index in [1.165, 1.54) is 6.42 Å². The van der Waals surface area contributed by atoms with E-state index in [-0.39, 0.29) is 0 Å². The number of carboxylic acid groups (broad SMARTS) is 1. The third kappa shape index (κ3) is 2.40. The minimum Gasteiger partial charge on any atom is -0.480 e. The van der Waals surface area contributed by atoms with Crippen LogP contribution in [-0.2, 0) is 4.79 Å². The molecule has 3 nitrogen and oxygen atoms in total. The summed E-state index contributed by atoms with van der Waals surface area (Å²) in [7, 11) is 0. The van der Waals surface area contributed by atoms with Crippen molar-refractivity contribution in [3.8, 4) is 0 Å². The number of likely N-dealkylation sites (tertiary alicyclic amines) is 1. The summed E-state index contributed by atoms with van der Waals surface area (Å²) >= 11 is 0. The molecule has 2 atom stereocenters. The molecule has 0 saturated carbocycles. The molecule has 1 fully saturated rings. The van der Waals surface area contributed by atoms with Crippen LogP contribution in [0.2, 0.25) is 0 Å². The number of nitrogens with zero attached hydrogens (tertiary/aromatic N) is 1. The van der Waals surface area contributed by atoms with E-state index >= 15 is 0 Å². The van der Waals surface area contributed by atoms with Crippen LogP contribution in [-0.4, -0.2) is 34.6 Å². The minimum absolute atomic E-state index is 0.612. The second-order valence-corrected chi connectivity index (χ2v) is 5.39. The van der Waals surface area contributed by atoms with E-state index in [4.69, 9.17) is 0 Å². The van der Waals surface area contributed by atoms with E-state index < -0.39 is 11.5 Å². The lowest BCUT2D eigenvalue weighted by Gasteiger charge is -2.45. The number of piperidine rings is 1. The Morgan fingerprint density at radius 1 is 1.25 bits per heavy atom. The van der Waals surface area contributed by atoms with Gasteiger partial charge in [0.2, 0.25) is 0 Å². The number of hydrogen-bond acceptors (Lipinski definition) is 2. The first-order valence-corrected chi connectivity index (χ1v) is 6.44. The Balaban J connectivity index is 2.89. The Kier molecular flexibility index (Phi) is 4.36. The maximum absolute atomic E-state index is 11.6. The number of aliphatic carboxylic acids is 1. The van der Waals surface area contributed by atoms with Crippen LogP contribution in [0.5, 0.6) is 0 Å². The van der Waals surface area contributed by atoms with Crippen molar-refractivity contribution in [3.63, 3.8) is 0 Å². The van der Waals surface area contributed by atoms with Gasteiger partial charge in [0, 0.05) is 13.1 Å². The van der Waals surface area contributed by atoms with E-state index in [2.05, 4.69) is 18.7 Å². The highest BCUT2D eigenvalue weighted by atomic mass is 16.4. The first-order valence-electron chi connectivity index (χ1n) is 6.44. The SMILES string of the molecule is CCC(CC)(C(=O)O)N1CC(C)CC(C)C1. The van der Waals surface area contributed by atoms with E-state index in [0.29, 0.717) is 24.7 Å². The summed E-state index contributed by atoms with van der Waals surface area (Å²) in [4.78, 5) is 13.8. The van der Waals surface area contributed by atoms with Gasteiger partial charge in [-0.15, -0.1) is 0 Å². The van der Waals surface area contributed by atoms with Gasteiger partial charge in [-0.2, -0.15) is 0 Å². The second-order valence-electron chi connectivity index (χ2n) is 5.39. The van der Waals surface area contributed by atoms with Gasteiger partial charge in [-0.1, -0.05) is 27.7 Å². The fourth-order valence-electron chi connectivity index (χ4n) is 3.15. The molecule has 0 aliphatic carbocycles. The zero-order chi connectivity index (χ0) is 12.3. The third-order valence-corrected chi connectivity index (χ3v) is 4.04. The van der Waals surface area contributed by atoms with Crippen LogP contribution in [0.15, 0.2) is 0 Å². The summed E-state index contributed by atoms with van der Waals surface area (Å²) in [6.45, 7) is 10.3. The highest BCUT2D eigenvalue weighted by molar-refractivity contribution is 5.78. The van der Waals surface area contributed by atoms with Crippen LogP contribution >= 0.6 is 0 Å². The Bertz CT molecular complexity index is 238. The Morgan fingerprint density at radius 3 is 2.00 bits per heavy atom. The predicted molar refractivity (Wildman–Crippen MR) is 65.5 cm³/mol. The molecule has 1 rings (SSSR count). The average molecular weight is 227 g/mol. The molecule has 0 bridgehead atoms. The molecule has 1 aliphatic rings. The summed E-state index contributed by atoms with van der Waals surface area (Å²) in [6, 6.07) is 0. The van der Waals surface area contributed by atoms with Crippen LogP contribution in [0.1, 0.15) is 47.0 Å². The van der Waals surface area contributed by atoms with Crippen molar-refractivity contribution in [1.82, 2.24) is 4.90 Å². The molecule has 0 aromatic heterocycles. The summed E-state index contributed by atoms with van der Waals surface area (Å²) < 4.78 is 0. The maximum Gasteiger partial charge on any atom is 0.324 e. The lowest BCUT2D eigenvalue weighted by Crippen LogP contribution is -2.58. The highest BCUT2D eigenvalue weighted by Crippen LogP contribution is 2.31. The van der Waals surface area contributed by atoms with Gasteiger partial charge in [-0.25, -0.2) is 0 Å². The van der Waals surface area contributed by atoms with E-state index in [1.54, 1.807) is 0 Å². The average Bonchev–Trinajstić information content (AvgIpc) is 2.18. The van der Waals surface area contributed by atoms with Gasteiger partial charge in [-0.3, -0.25) is 9.69 Å². The first-order chi connectivity index (χ1) is 7.46. The van der Waals surface area contributed by atoms with Gasteiger partial charge in [-0.05, 0) is 31.1 Å². The summed E-state index contributed by atoms with van der Waals surface area (Å²) in [6.07, 6.45) is 2.61. The van der Waals surface area contributed by atoms with Crippen molar-refractivity contribution in [2.45, 2.75) is 52.5 Å². The van der Waals surface area contributed by atoms with Gasteiger partial charge in [0.15, 0.2) is 0 Å². The van der Waals surface area contributed by atoms with Gasteiger partial charge in [0.1, 0.15) is 5.54 Å². The Morgan fingerprint density at radius 2 is 1.69 bits per heavy atom. The van der Waals surface area contributed by atoms with Crippen LogP contribution in [0.3, 0.4) is 0 Å². The van der Waals surface area contributed by atoms with Crippen LogP contribution in [0.4, 0.5) is 0 Å². The van der Waals surface area contributed by atoms with Crippen LogP contribution in [0, 0.1) is 11.8 Å². The van der Waals surface area contributed by atoms with Crippen molar-refractivity contribution in [1.29, 1.82) is 0 Å². The van der Waals surface area contributed by atoms with Crippen molar-refractivity contribution >= 4 is 5.97 Å². The van der Waals surface area contributed by atoms with Crippen molar-refractivity contribution in [2.75, 3.05) is 13.1 Å². The molecule has 3 heteroatoms. The maximum atomic E-state index is 11.6. The zero-order valence-electron chi connectivity index (χ0n) is 11.0. The van der Waals surface area contributed by atoms with E-state index in [9.17, 15) is 9.90 Å². The Hall–Kier alpha value is -0.570. The molecular formula is C13H25NO2. The number of carboxylic acids is 1. The van der Waals surface area contributed by atoms with Gasteiger partial charge >= 0.3 is 5.97 Å². The topological polar surface area (TPSA) is 40.5 Å². The molecule has 1 aliphatic heterocycles. The molecule has 16 heavy (non-hydrogen) atoms. The summed E-state index contributed by atoms with van der Waals surface area (Å²) in [5, 5.41) is 9.51. The molecule has 1 N–H and O–H groups in total. The fraction of sp³-hybridized carbons (Fsp3) is 0.923. The minimum atomic E-state index is -0.654. The quantitative estimate of drug-likeness (QED) is 0.802. The van der Waals surface area contributed by atoms with Crippen LogP contribution in [0.25, 0.3) is 0 Å². The second kappa shape index (κ2) is 5.17. The molecule has 0 amide bonds. The predicted octanol–water partition coefficient (Wildman–Crippen LogP) is 2.61. The lowest BCUT2D eigenvalue weighted by atomic mass is 9.83. The largest absolute Gasteiger partial charge is 0.480 e. The van der Waals surface area contributed by atoms with Crippen molar-refractivity contribution < 1.29 is 9.90 Å². The monoisotopic (exact) mass is 227 g/mol. The molecule has 0 aromatic rings. The van der Waals surface area contributed by atoms with Crippen molar-refractivity contribution in [3.05, 3.63) is 0 Å². The number of hydrogen-bond donors (Lipinski definition) is 1. The number of carbonyl (C=O) groups is 1. The molecule has 0 spiro atoms. The molecule has 1 heterocycles. The standard InChI is InChI=1S/C13H25NO2/c1-5-13(6-2,12(15)16)14-8-10(3)7-11(4)9-14/h10-11H,5-9H2,1-4H3,(H,15,16). The van der Waals surface area contributed by atoms with Crippen LogP contribution < -0.4 is 0 Å². The van der Waals surface area contributed by atoms with E-state index in [0.717, 1.165) is 13.1 Å². The molecule has 1 saturated heterocycles. The van der Waals surface area contributed by atoms with Gasteiger partial charge in [0.05, 0.1) is 0 Å². The number of rotatable bonds is 4. The summed E-state index contributed by atoms with van der Waals surface area (Å²) in [5.41, 5.74) is -0.636. The van der Waals surface area contributed by atoms with Gasteiger partial charge in [0.25, 0.3) is 0 Å². The zero-order valence-corrected chi connectivity index (χ0v) is 11.0. The lowest BCUT2D eigenvalue weighted by molar-refractivity contribution is -0.154. The van der Waals surface area contributed by atoms with Crippen molar-refractivity contribution in [2.24, 2.45) is 11.8 Å². The summed E-state index contributed by atoms with van der Waals surface area (Å²) in [5.74, 6) is 0.569. The molecular weight excluding hydrogens is 202 g/mol. The fourth-order valence-corrected chi connectivity index (χ4v) is 3.15. The first kappa shape index (κ1) is 13.5. The molecule has 2 unspecified atom stereocenters. The Labute approximate surface area is 98.8 Å². The highest BCUT2D eigenvalue weighted by Gasteiger charge is 2.43. The smallest absolute Gasteiger partial charge is 0.324 e. The van der Waals surface area contributed by atoms with E-state index in [1.807, 2.05) is 13.8 Å². The van der Waals surface area contributed by atoms with Gasteiger partial charge < -0.3 is 5.11 Å². The molecule has 0 aromatic carbocycles. The molecule has 94 valence electrons. The normalized spacial score (nSPS) is 28.0.